The summed E-state index contributed by atoms with van der Waals surface area (Å²) in [5.74, 6) is 0.800. The molecule has 0 spiro atoms. The summed E-state index contributed by atoms with van der Waals surface area (Å²) in [5.41, 5.74) is 1.42. The zero-order valence-electron chi connectivity index (χ0n) is 11.7. The summed E-state index contributed by atoms with van der Waals surface area (Å²) < 4.78 is 1.15. The molecule has 1 fully saturated rings. The Morgan fingerprint density at radius 2 is 1.72 bits per heavy atom. The van der Waals surface area contributed by atoms with Gasteiger partial charge in [-0.25, -0.2) is 0 Å². The molecule has 2 rings (SSSR count). The Morgan fingerprint density at radius 1 is 1.11 bits per heavy atom. The van der Waals surface area contributed by atoms with Crippen LogP contribution in [0.1, 0.15) is 52.0 Å². The van der Waals surface area contributed by atoms with Crippen LogP contribution in [-0.4, -0.2) is 6.04 Å². The van der Waals surface area contributed by atoms with E-state index in [9.17, 15) is 0 Å². The molecule has 1 nitrogen and oxygen atoms in total. The number of hydrogen-bond acceptors (Lipinski definition) is 1. The second-order valence-corrected chi connectivity index (χ2v) is 7.06. The third-order valence-electron chi connectivity index (χ3n) is 4.22. The minimum atomic E-state index is 0.0525. The first-order valence-electron chi connectivity index (χ1n) is 7.03. The van der Waals surface area contributed by atoms with Gasteiger partial charge in [0, 0.05) is 16.1 Å². The van der Waals surface area contributed by atoms with E-state index in [2.05, 4.69) is 66.3 Å². The Bertz CT molecular complexity index is 383. The Kier molecular flexibility index (Phi) is 4.50. The second kappa shape index (κ2) is 5.75. The summed E-state index contributed by atoms with van der Waals surface area (Å²) in [7, 11) is 0. The van der Waals surface area contributed by atoms with Crippen molar-refractivity contribution in [2.45, 2.75) is 58.0 Å². The van der Waals surface area contributed by atoms with Crippen molar-refractivity contribution in [3.8, 4) is 0 Å². The number of rotatable bonds is 3. The molecular weight excluding hydrogens is 286 g/mol. The van der Waals surface area contributed by atoms with Crippen molar-refractivity contribution in [3.05, 3.63) is 34.3 Å². The molecule has 18 heavy (non-hydrogen) atoms. The number of benzene rings is 1. The van der Waals surface area contributed by atoms with Crippen LogP contribution in [-0.2, 0) is 5.54 Å². The van der Waals surface area contributed by atoms with Crippen molar-refractivity contribution in [1.29, 1.82) is 0 Å². The normalized spacial score (nSPS) is 25.1. The van der Waals surface area contributed by atoms with Gasteiger partial charge in [0.2, 0.25) is 0 Å². The Hall–Kier alpha value is -0.340. The monoisotopic (exact) mass is 309 g/mol. The van der Waals surface area contributed by atoms with E-state index in [1.807, 2.05) is 0 Å². The van der Waals surface area contributed by atoms with Crippen LogP contribution >= 0.6 is 15.9 Å². The molecule has 1 aromatic carbocycles. The van der Waals surface area contributed by atoms with Crippen LogP contribution in [0.2, 0.25) is 0 Å². The highest BCUT2D eigenvalue weighted by molar-refractivity contribution is 9.10. The van der Waals surface area contributed by atoms with Gasteiger partial charge in [-0.1, -0.05) is 47.8 Å². The largest absolute Gasteiger partial charge is 0.305 e. The van der Waals surface area contributed by atoms with Gasteiger partial charge in [-0.15, -0.1) is 0 Å². The lowest BCUT2D eigenvalue weighted by Gasteiger charge is -2.38. The predicted octanol–water partition coefficient (Wildman–Crippen LogP) is 4.85. The summed E-state index contributed by atoms with van der Waals surface area (Å²) in [6.07, 6.45) is 5.46. The molecule has 1 aliphatic rings. The molecule has 1 N–H and O–H groups in total. The minimum absolute atomic E-state index is 0.0525. The van der Waals surface area contributed by atoms with Gasteiger partial charge in [-0.05, 0) is 50.3 Å². The average molecular weight is 310 g/mol. The Balaban J connectivity index is 2.08. The molecule has 0 bridgehead atoms. The van der Waals surface area contributed by atoms with E-state index in [0.29, 0.717) is 6.04 Å². The smallest absolute Gasteiger partial charge is 0.0379 e. The summed E-state index contributed by atoms with van der Waals surface area (Å²) in [5, 5.41) is 3.87. The maximum absolute atomic E-state index is 3.87. The fourth-order valence-corrected chi connectivity index (χ4v) is 3.21. The lowest BCUT2D eigenvalue weighted by atomic mass is 9.83. The third-order valence-corrected chi connectivity index (χ3v) is 4.75. The number of hydrogen-bond donors (Lipinski definition) is 1. The highest BCUT2D eigenvalue weighted by Gasteiger charge is 2.28. The Morgan fingerprint density at radius 3 is 2.33 bits per heavy atom. The SMILES string of the molecule is CC1CCCCC1NC(C)(C)c1ccc(Br)cc1. The molecule has 0 aromatic heterocycles. The number of halogens is 1. The zero-order chi connectivity index (χ0) is 13.2. The lowest BCUT2D eigenvalue weighted by Crippen LogP contribution is -2.47. The van der Waals surface area contributed by atoms with Gasteiger partial charge in [0.05, 0.1) is 0 Å². The van der Waals surface area contributed by atoms with Crippen molar-refractivity contribution in [2.24, 2.45) is 5.92 Å². The third kappa shape index (κ3) is 3.36. The molecule has 2 unspecified atom stereocenters. The molecule has 1 aliphatic carbocycles. The molecule has 0 amide bonds. The van der Waals surface area contributed by atoms with Crippen molar-refractivity contribution < 1.29 is 0 Å². The minimum Gasteiger partial charge on any atom is -0.305 e. The van der Waals surface area contributed by atoms with E-state index in [0.717, 1.165) is 10.4 Å². The summed E-state index contributed by atoms with van der Waals surface area (Å²) in [6, 6.07) is 9.35. The van der Waals surface area contributed by atoms with E-state index in [-0.39, 0.29) is 5.54 Å². The first-order chi connectivity index (χ1) is 8.49. The molecule has 0 aliphatic heterocycles. The highest BCUT2D eigenvalue weighted by atomic mass is 79.9. The highest BCUT2D eigenvalue weighted by Crippen LogP contribution is 2.29. The first-order valence-corrected chi connectivity index (χ1v) is 7.82. The van der Waals surface area contributed by atoms with Gasteiger partial charge in [-0.2, -0.15) is 0 Å². The summed E-state index contributed by atoms with van der Waals surface area (Å²) in [4.78, 5) is 0. The van der Waals surface area contributed by atoms with Gasteiger partial charge < -0.3 is 5.32 Å². The zero-order valence-corrected chi connectivity index (χ0v) is 13.3. The quantitative estimate of drug-likeness (QED) is 0.841. The van der Waals surface area contributed by atoms with Gasteiger partial charge in [-0.3, -0.25) is 0 Å². The van der Waals surface area contributed by atoms with E-state index in [1.54, 1.807) is 0 Å². The van der Waals surface area contributed by atoms with Gasteiger partial charge in [0.1, 0.15) is 0 Å². The molecule has 100 valence electrons. The van der Waals surface area contributed by atoms with Crippen molar-refractivity contribution in [1.82, 2.24) is 5.32 Å². The van der Waals surface area contributed by atoms with Crippen LogP contribution in [0.15, 0.2) is 28.7 Å². The van der Waals surface area contributed by atoms with Crippen molar-refractivity contribution >= 4 is 15.9 Å². The first kappa shape index (κ1) is 14.1. The standard InChI is InChI=1S/C16H24BrN/c1-12-6-4-5-7-15(12)18-16(2,3)13-8-10-14(17)11-9-13/h8-12,15,18H,4-7H2,1-3H3. The summed E-state index contributed by atoms with van der Waals surface area (Å²) >= 11 is 3.50. The van der Waals surface area contributed by atoms with Crippen molar-refractivity contribution in [2.75, 3.05) is 0 Å². The molecule has 1 aromatic rings. The van der Waals surface area contributed by atoms with Crippen molar-refractivity contribution in [3.63, 3.8) is 0 Å². The summed E-state index contributed by atoms with van der Waals surface area (Å²) in [6.45, 7) is 6.96. The topological polar surface area (TPSA) is 12.0 Å². The Labute approximate surface area is 119 Å². The van der Waals surface area contributed by atoms with Crippen LogP contribution in [0.25, 0.3) is 0 Å². The van der Waals surface area contributed by atoms with E-state index < -0.39 is 0 Å². The molecule has 2 atom stereocenters. The lowest BCUT2D eigenvalue weighted by molar-refractivity contribution is 0.223. The van der Waals surface area contributed by atoms with Crippen LogP contribution in [0.5, 0.6) is 0 Å². The van der Waals surface area contributed by atoms with E-state index in [4.69, 9.17) is 0 Å². The maximum Gasteiger partial charge on any atom is 0.0379 e. The molecule has 2 heteroatoms. The molecule has 0 radical (unpaired) electrons. The molecule has 0 saturated heterocycles. The van der Waals surface area contributed by atoms with E-state index in [1.165, 1.54) is 31.2 Å². The average Bonchev–Trinajstić information content (AvgIpc) is 2.32. The van der Waals surface area contributed by atoms with Gasteiger partial charge in [0.15, 0.2) is 0 Å². The van der Waals surface area contributed by atoms with Crippen LogP contribution in [0, 0.1) is 5.92 Å². The van der Waals surface area contributed by atoms with E-state index >= 15 is 0 Å². The predicted molar refractivity (Wildman–Crippen MR) is 81.7 cm³/mol. The van der Waals surface area contributed by atoms with Crippen LogP contribution < -0.4 is 5.32 Å². The molecule has 0 heterocycles. The van der Waals surface area contributed by atoms with Crippen LogP contribution in [0.3, 0.4) is 0 Å². The fourth-order valence-electron chi connectivity index (χ4n) is 2.94. The number of nitrogens with one attached hydrogen (secondary N) is 1. The maximum atomic E-state index is 3.87. The molecule has 1 saturated carbocycles. The molecular formula is C16H24BrN. The fraction of sp³-hybridized carbons (Fsp3) is 0.625. The second-order valence-electron chi connectivity index (χ2n) is 6.14. The van der Waals surface area contributed by atoms with Crippen LogP contribution in [0.4, 0.5) is 0 Å². The van der Waals surface area contributed by atoms with Gasteiger partial charge >= 0.3 is 0 Å². The van der Waals surface area contributed by atoms with Gasteiger partial charge in [0.25, 0.3) is 0 Å².